The molecule has 0 atom stereocenters. The Morgan fingerprint density at radius 2 is 1.85 bits per heavy atom. The second-order valence-electron chi connectivity index (χ2n) is 6.65. The molecule has 0 aliphatic carbocycles. The van der Waals surface area contributed by atoms with E-state index < -0.39 is 0 Å². The summed E-state index contributed by atoms with van der Waals surface area (Å²) in [4.78, 5) is 19.9. The lowest BCUT2D eigenvalue weighted by molar-refractivity contribution is -0.856. The molecule has 1 heterocycles. The maximum absolute atomic E-state index is 12.7. The molecule has 1 amide bonds. The lowest BCUT2D eigenvalue weighted by Crippen LogP contribution is -3.06. The fourth-order valence-electron chi connectivity index (χ4n) is 2.64. The lowest BCUT2D eigenvalue weighted by atomic mass is 10.1. The monoisotopic (exact) mass is 366 g/mol. The average molecular weight is 367 g/mol. The number of aryl methyl sites for hydroxylation is 1. The number of aromatic nitrogens is 1. The largest absolute Gasteiger partial charge is 0.346 e. The molecular weight excluding hydrogens is 342 g/mol. The van der Waals surface area contributed by atoms with E-state index in [-0.39, 0.29) is 5.91 Å². The van der Waals surface area contributed by atoms with E-state index in [1.54, 1.807) is 11.8 Å². The molecule has 26 heavy (non-hydrogen) atoms. The van der Waals surface area contributed by atoms with E-state index in [0.717, 1.165) is 27.4 Å². The summed E-state index contributed by atoms with van der Waals surface area (Å²) in [7, 11) is 4.15. The van der Waals surface area contributed by atoms with Gasteiger partial charge in [-0.2, -0.15) is 0 Å². The molecule has 0 spiro atoms. The number of carbonyl (C=O) groups is 1. The van der Waals surface area contributed by atoms with Gasteiger partial charge < -0.3 is 10.2 Å². The first-order chi connectivity index (χ1) is 12.5. The molecule has 0 aliphatic heterocycles. The third-order valence-corrected chi connectivity index (χ3v) is 5.02. The van der Waals surface area contributed by atoms with Gasteiger partial charge in [0.2, 0.25) is 0 Å². The second-order valence-corrected chi connectivity index (χ2v) is 7.75. The van der Waals surface area contributed by atoms with Crippen molar-refractivity contribution in [3.8, 4) is 0 Å². The van der Waals surface area contributed by atoms with Gasteiger partial charge in [-0.25, -0.2) is 4.98 Å². The number of carbonyl (C=O) groups excluding carboxylic acids is 1. The molecule has 0 saturated heterocycles. The van der Waals surface area contributed by atoms with Gasteiger partial charge in [0.05, 0.1) is 38.3 Å². The topological polar surface area (TPSA) is 46.4 Å². The number of para-hydroxylation sites is 1. The highest BCUT2D eigenvalue weighted by Crippen LogP contribution is 2.29. The summed E-state index contributed by atoms with van der Waals surface area (Å²) in [6.45, 7) is 3.61. The zero-order chi connectivity index (χ0) is 18.5. The number of rotatable bonds is 6. The van der Waals surface area contributed by atoms with E-state index in [2.05, 4.69) is 50.6 Å². The van der Waals surface area contributed by atoms with Crippen molar-refractivity contribution in [2.45, 2.75) is 16.8 Å². The van der Waals surface area contributed by atoms with E-state index >= 15 is 0 Å². The van der Waals surface area contributed by atoms with Crippen LogP contribution in [-0.2, 0) is 0 Å². The van der Waals surface area contributed by atoms with E-state index in [0.29, 0.717) is 12.1 Å². The summed E-state index contributed by atoms with van der Waals surface area (Å²) in [6, 6.07) is 18.0. The Kier molecular flexibility index (Phi) is 5.91. The Hall–Kier alpha value is -2.37. The molecule has 0 radical (unpaired) electrons. The summed E-state index contributed by atoms with van der Waals surface area (Å²) in [5.74, 6) is -0.0457. The molecule has 3 rings (SSSR count). The van der Waals surface area contributed by atoms with Crippen molar-refractivity contribution >= 4 is 28.6 Å². The van der Waals surface area contributed by atoms with Crippen molar-refractivity contribution in [3.05, 3.63) is 65.7 Å². The van der Waals surface area contributed by atoms with Gasteiger partial charge in [-0.15, -0.1) is 0 Å². The fraction of sp³-hybridized carbons (Fsp3) is 0.238. The first-order valence-corrected chi connectivity index (χ1v) is 9.56. The van der Waals surface area contributed by atoms with E-state index in [1.165, 1.54) is 10.5 Å². The maximum atomic E-state index is 12.7. The Bertz CT molecular complexity index is 907. The van der Waals surface area contributed by atoms with Crippen LogP contribution in [0.3, 0.4) is 0 Å². The summed E-state index contributed by atoms with van der Waals surface area (Å²) in [5.41, 5.74) is 2.75. The number of pyridine rings is 1. The number of nitrogens with zero attached hydrogens (tertiary/aromatic N) is 1. The summed E-state index contributed by atoms with van der Waals surface area (Å²) >= 11 is 1.58. The van der Waals surface area contributed by atoms with Gasteiger partial charge in [-0.05, 0) is 31.2 Å². The van der Waals surface area contributed by atoms with Crippen molar-refractivity contribution in [1.82, 2.24) is 10.3 Å². The Labute approximate surface area is 158 Å². The lowest BCUT2D eigenvalue weighted by Gasteiger charge is -2.11. The van der Waals surface area contributed by atoms with Gasteiger partial charge in [-0.1, -0.05) is 47.7 Å². The third-order valence-electron chi connectivity index (χ3n) is 4.09. The highest BCUT2D eigenvalue weighted by molar-refractivity contribution is 7.99. The molecule has 0 unspecified atom stereocenters. The van der Waals surface area contributed by atoms with Crippen LogP contribution < -0.4 is 10.2 Å². The van der Waals surface area contributed by atoms with Gasteiger partial charge >= 0.3 is 0 Å². The molecule has 2 aromatic carbocycles. The van der Waals surface area contributed by atoms with E-state index in [1.807, 2.05) is 30.3 Å². The molecule has 0 aliphatic rings. The molecule has 0 saturated carbocycles. The van der Waals surface area contributed by atoms with Crippen molar-refractivity contribution in [2.75, 3.05) is 27.2 Å². The number of fused-ring (bicyclic) bond motifs is 1. The fourth-order valence-corrected chi connectivity index (χ4v) is 3.47. The first kappa shape index (κ1) is 18.4. The SMILES string of the molecule is Cc1ccc(Sc2cc(C(=O)NCC[NH+](C)C)c3ccccc3n2)cc1. The number of benzene rings is 2. The number of nitrogens with one attached hydrogen (secondary N) is 2. The van der Waals surface area contributed by atoms with E-state index in [4.69, 9.17) is 4.98 Å². The minimum atomic E-state index is -0.0457. The predicted molar refractivity (Wildman–Crippen MR) is 107 cm³/mol. The molecule has 3 aromatic rings. The Morgan fingerprint density at radius 3 is 2.58 bits per heavy atom. The number of hydrogen-bond acceptors (Lipinski definition) is 3. The smallest absolute Gasteiger partial charge is 0.252 e. The first-order valence-electron chi connectivity index (χ1n) is 8.74. The Balaban J connectivity index is 1.90. The summed E-state index contributed by atoms with van der Waals surface area (Å²) < 4.78 is 0. The minimum absolute atomic E-state index is 0.0457. The molecule has 1 aromatic heterocycles. The molecule has 0 fully saturated rings. The zero-order valence-electron chi connectivity index (χ0n) is 15.4. The summed E-state index contributed by atoms with van der Waals surface area (Å²) in [6.07, 6.45) is 0. The normalized spacial score (nSPS) is 11.1. The minimum Gasteiger partial charge on any atom is -0.346 e. The highest BCUT2D eigenvalue weighted by Gasteiger charge is 2.13. The van der Waals surface area contributed by atoms with Crippen molar-refractivity contribution in [3.63, 3.8) is 0 Å². The van der Waals surface area contributed by atoms with Crippen LogP contribution in [0.5, 0.6) is 0 Å². The number of quaternary nitrogens is 1. The van der Waals surface area contributed by atoms with Crippen LogP contribution in [0.2, 0.25) is 0 Å². The molecule has 0 bridgehead atoms. The van der Waals surface area contributed by atoms with Crippen LogP contribution in [0.4, 0.5) is 0 Å². The van der Waals surface area contributed by atoms with Crippen molar-refractivity contribution < 1.29 is 9.69 Å². The number of amides is 1. The molecule has 4 nitrogen and oxygen atoms in total. The second kappa shape index (κ2) is 8.34. The van der Waals surface area contributed by atoms with Crippen LogP contribution in [0, 0.1) is 6.92 Å². The maximum Gasteiger partial charge on any atom is 0.252 e. The van der Waals surface area contributed by atoms with Crippen molar-refractivity contribution in [2.24, 2.45) is 0 Å². The van der Waals surface area contributed by atoms with Gasteiger partial charge in [0, 0.05) is 10.3 Å². The summed E-state index contributed by atoms with van der Waals surface area (Å²) in [5, 5.41) is 4.74. The zero-order valence-corrected chi connectivity index (χ0v) is 16.2. The molecule has 2 N–H and O–H groups in total. The average Bonchev–Trinajstić information content (AvgIpc) is 2.62. The van der Waals surface area contributed by atoms with Crippen LogP contribution >= 0.6 is 11.8 Å². The third kappa shape index (κ3) is 4.62. The predicted octanol–water partition coefficient (Wildman–Crippen LogP) is 2.57. The quantitative estimate of drug-likeness (QED) is 0.705. The molecule has 5 heteroatoms. The molecule has 134 valence electrons. The Morgan fingerprint density at radius 1 is 1.12 bits per heavy atom. The van der Waals surface area contributed by atoms with Crippen LogP contribution in [-0.4, -0.2) is 38.1 Å². The van der Waals surface area contributed by atoms with Crippen LogP contribution in [0.25, 0.3) is 10.9 Å². The van der Waals surface area contributed by atoms with E-state index in [9.17, 15) is 4.79 Å². The number of hydrogen-bond donors (Lipinski definition) is 2. The number of likely N-dealkylation sites (N-methyl/N-ethyl adjacent to an activating group) is 1. The van der Waals surface area contributed by atoms with Gasteiger partial charge in [0.15, 0.2) is 0 Å². The van der Waals surface area contributed by atoms with Crippen molar-refractivity contribution in [1.29, 1.82) is 0 Å². The standard InChI is InChI=1S/C21H23N3OS/c1-15-8-10-16(11-9-15)26-20-14-18(21(25)22-12-13-24(2)3)17-6-4-5-7-19(17)23-20/h4-11,14H,12-13H2,1-3H3,(H,22,25)/p+1. The molecular formula is C21H24N3OS+. The van der Waals surface area contributed by atoms with Gasteiger partial charge in [0.1, 0.15) is 5.03 Å². The van der Waals surface area contributed by atoms with Gasteiger partial charge in [-0.3, -0.25) is 4.79 Å². The van der Waals surface area contributed by atoms with Crippen LogP contribution in [0.1, 0.15) is 15.9 Å². The van der Waals surface area contributed by atoms with Gasteiger partial charge in [0.25, 0.3) is 5.91 Å². The van der Waals surface area contributed by atoms with Crippen LogP contribution in [0.15, 0.2) is 64.5 Å². The highest BCUT2D eigenvalue weighted by atomic mass is 32.2.